The molecule has 0 saturated heterocycles. The fourth-order valence-electron chi connectivity index (χ4n) is 2.06. The lowest BCUT2D eigenvalue weighted by Gasteiger charge is -2.09. The van der Waals surface area contributed by atoms with Gasteiger partial charge in [0.2, 0.25) is 5.82 Å². The van der Waals surface area contributed by atoms with E-state index in [0.717, 1.165) is 20.4 Å². The highest BCUT2D eigenvalue weighted by Crippen LogP contribution is 2.10. The van der Waals surface area contributed by atoms with E-state index in [1.165, 1.54) is 26.2 Å². The predicted molar refractivity (Wildman–Crippen MR) is 78.0 cm³/mol. The maximum Gasteiger partial charge on any atom is 0.346 e. The summed E-state index contributed by atoms with van der Waals surface area (Å²) < 4.78 is 15.1. The first-order valence-corrected chi connectivity index (χ1v) is 6.53. The summed E-state index contributed by atoms with van der Waals surface area (Å²) in [6.07, 6.45) is 0.625. The zero-order valence-electron chi connectivity index (χ0n) is 12.2. The molecule has 0 radical (unpaired) electrons. The van der Waals surface area contributed by atoms with Crippen molar-refractivity contribution in [2.75, 3.05) is 11.9 Å². The van der Waals surface area contributed by atoms with Crippen LogP contribution in [0.3, 0.4) is 0 Å². The third kappa shape index (κ3) is 3.18. The molecule has 0 fully saturated rings. The summed E-state index contributed by atoms with van der Waals surface area (Å²) in [6.45, 7) is 2.30. The number of nitrogens with one attached hydrogen (secondary N) is 1. The first-order chi connectivity index (χ1) is 9.90. The fraction of sp³-hybridized carbons (Fsp3) is 0.357. The van der Waals surface area contributed by atoms with Gasteiger partial charge in [0.25, 0.3) is 5.56 Å². The third-order valence-corrected chi connectivity index (χ3v) is 3.31. The van der Waals surface area contributed by atoms with Gasteiger partial charge in [-0.15, -0.1) is 5.10 Å². The van der Waals surface area contributed by atoms with Crippen molar-refractivity contribution < 1.29 is 4.39 Å². The third-order valence-electron chi connectivity index (χ3n) is 3.31. The molecule has 21 heavy (non-hydrogen) atoms. The molecule has 0 spiro atoms. The molecule has 0 bridgehead atoms. The number of nitrogens with zero attached hydrogens (tertiary/aromatic N) is 3. The Bertz CT molecular complexity index is 780. The van der Waals surface area contributed by atoms with Crippen molar-refractivity contribution in [3.63, 3.8) is 0 Å². The molecule has 6 nitrogen and oxygen atoms in total. The van der Waals surface area contributed by atoms with Gasteiger partial charge >= 0.3 is 5.69 Å². The second kappa shape index (κ2) is 5.90. The molecule has 112 valence electrons. The highest BCUT2D eigenvalue weighted by Gasteiger charge is 2.08. The molecular weight excluding hydrogens is 275 g/mol. The minimum absolute atomic E-state index is 0.124. The standard InChI is InChI=1S/C14H17FN4O2/c1-9-8-11(15)5-4-10(9)6-7-16-12-13(20)18(2)14(21)19(3)17-12/h4-5,8H,6-7H2,1-3H3,(H,16,17). The Morgan fingerprint density at radius 3 is 2.67 bits per heavy atom. The van der Waals surface area contributed by atoms with Crippen molar-refractivity contribution in [1.82, 2.24) is 14.3 Å². The van der Waals surface area contributed by atoms with Crippen molar-refractivity contribution in [2.45, 2.75) is 13.3 Å². The zero-order chi connectivity index (χ0) is 15.6. The monoisotopic (exact) mass is 292 g/mol. The van der Waals surface area contributed by atoms with E-state index >= 15 is 0 Å². The lowest BCUT2D eigenvalue weighted by molar-refractivity contribution is 0.604. The Morgan fingerprint density at radius 2 is 2.00 bits per heavy atom. The quantitative estimate of drug-likeness (QED) is 0.895. The number of benzene rings is 1. The highest BCUT2D eigenvalue weighted by molar-refractivity contribution is 5.32. The Balaban J connectivity index is 2.11. The number of halogens is 1. The van der Waals surface area contributed by atoms with E-state index in [2.05, 4.69) is 10.4 Å². The van der Waals surface area contributed by atoms with E-state index < -0.39 is 11.2 Å². The molecule has 2 aromatic rings. The average molecular weight is 292 g/mol. The number of aromatic nitrogens is 3. The van der Waals surface area contributed by atoms with Crippen LogP contribution in [0, 0.1) is 12.7 Å². The van der Waals surface area contributed by atoms with Gasteiger partial charge in [0, 0.05) is 20.6 Å². The molecule has 0 aliphatic rings. The summed E-state index contributed by atoms with van der Waals surface area (Å²) in [5.41, 5.74) is 0.914. The van der Waals surface area contributed by atoms with E-state index in [0.29, 0.717) is 13.0 Å². The fourth-order valence-corrected chi connectivity index (χ4v) is 2.06. The zero-order valence-corrected chi connectivity index (χ0v) is 12.2. The molecule has 2 rings (SSSR count). The largest absolute Gasteiger partial charge is 0.364 e. The van der Waals surface area contributed by atoms with Crippen LogP contribution >= 0.6 is 0 Å². The summed E-state index contributed by atoms with van der Waals surface area (Å²) in [6, 6.07) is 4.60. The van der Waals surface area contributed by atoms with Crippen LogP contribution in [0.5, 0.6) is 0 Å². The van der Waals surface area contributed by atoms with Gasteiger partial charge in [-0.25, -0.2) is 13.9 Å². The van der Waals surface area contributed by atoms with Gasteiger partial charge in [-0.05, 0) is 36.6 Å². The van der Waals surface area contributed by atoms with Gasteiger partial charge < -0.3 is 5.32 Å². The van der Waals surface area contributed by atoms with Crippen molar-refractivity contribution in [1.29, 1.82) is 0 Å². The number of hydrogen-bond acceptors (Lipinski definition) is 4. The van der Waals surface area contributed by atoms with E-state index in [-0.39, 0.29) is 11.6 Å². The van der Waals surface area contributed by atoms with Crippen molar-refractivity contribution in [3.05, 3.63) is 56.0 Å². The molecule has 0 saturated carbocycles. The minimum Gasteiger partial charge on any atom is -0.364 e. The Kier molecular flexibility index (Phi) is 4.21. The van der Waals surface area contributed by atoms with Crippen LogP contribution in [0.4, 0.5) is 10.2 Å². The second-order valence-electron chi connectivity index (χ2n) is 4.87. The highest BCUT2D eigenvalue weighted by atomic mass is 19.1. The maximum absolute atomic E-state index is 13.0. The second-order valence-corrected chi connectivity index (χ2v) is 4.87. The first kappa shape index (κ1) is 15.0. The maximum atomic E-state index is 13.0. The summed E-state index contributed by atoms with van der Waals surface area (Å²) >= 11 is 0. The lowest BCUT2D eigenvalue weighted by atomic mass is 10.1. The van der Waals surface area contributed by atoms with E-state index in [9.17, 15) is 14.0 Å². The van der Waals surface area contributed by atoms with Gasteiger partial charge in [0.1, 0.15) is 5.82 Å². The molecule has 0 aliphatic heterocycles. The van der Waals surface area contributed by atoms with Crippen LogP contribution in [-0.4, -0.2) is 20.9 Å². The molecule has 0 amide bonds. The number of aryl methyl sites for hydroxylation is 2. The van der Waals surface area contributed by atoms with Crippen LogP contribution < -0.4 is 16.6 Å². The molecule has 0 atom stereocenters. The van der Waals surface area contributed by atoms with Gasteiger partial charge in [-0.2, -0.15) is 0 Å². The van der Waals surface area contributed by atoms with Crippen LogP contribution in [0.15, 0.2) is 27.8 Å². The topological polar surface area (TPSA) is 68.9 Å². The average Bonchev–Trinajstić information content (AvgIpc) is 2.44. The van der Waals surface area contributed by atoms with Crippen molar-refractivity contribution >= 4 is 5.82 Å². The molecule has 0 unspecified atom stereocenters. The van der Waals surface area contributed by atoms with Crippen LogP contribution in [0.2, 0.25) is 0 Å². The summed E-state index contributed by atoms with van der Waals surface area (Å²) in [4.78, 5) is 23.4. The normalized spacial score (nSPS) is 10.7. The molecule has 1 aromatic carbocycles. The van der Waals surface area contributed by atoms with Crippen LogP contribution in [0.25, 0.3) is 0 Å². The Morgan fingerprint density at radius 1 is 1.29 bits per heavy atom. The summed E-state index contributed by atoms with van der Waals surface area (Å²) in [7, 11) is 2.89. The smallest absolute Gasteiger partial charge is 0.346 e. The van der Waals surface area contributed by atoms with Crippen molar-refractivity contribution in [3.8, 4) is 0 Å². The minimum atomic E-state index is -0.472. The summed E-state index contributed by atoms with van der Waals surface area (Å²) in [5, 5.41) is 6.81. The van der Waals surface area contributed by atoms with Gasteiger partial charge in [0.15, 0.2) is 0 Å². The summed E-state index contributed by atoms with van der Waals surface area (Å²) in [5.74, 6) is -0.142. The molecule has 1 aromatic heterocycles. The molecule has 1 heterocycles. The first-order valence-electron chi connectivity index (χ1n) is 6.53. The molecule has 7 heteroatoms. The van der Waals surface area contributed by atoms with Gasteiger partial charge in [-0.3, -0.25) is 9.36 Å². The molecular formula is C14H17FN4O2. The van der Waals surface area contributed by atoms with Crippen molar-refractivity contribution in [2.24, 2.45) is 14.1 Å². The predicted octanol–water partition coefficient (Wildman–Crippen LogP) is 0.581. The van der Waals surface area contributed by atoms with Gasteiger partial charge in [-0.1, -0.05) is 6.07 Å². The number of hydrogen-bond donors (Lipinski definition) is 1. The van der Waals surface area contributed by atoms with E-state index in [1.807, 2.05) is 6.92 Å². The lowest BCUT2D eigenvalue weighted by Crippen LogP contribution is -2.40. The molecule has 0 aliphatic carbocycles. The number of rotatable bonds is 4. The van der Waals surface area contributed by atoms with Crippen LogP contribution in [-0.2, 0) is 20.5 Å². The van der Waals surface area contributed by atoms with E-state index in [4.69, 9.17) is 0 Å². The van der Waals surface area contributed by atoms with Gasteiger partial charge in [0.05, 0.1) is 0 Å². The van der Waals surface area contributed by atoms with E-state index in [1.54, 1.807) is 6.07 Å². The van der Waals surface area contributed by atoms with Crippen LogP contribution in [0.1, 0.15) is 11.1 Å². The Labute approximate surface area is 120 Å². The molecule has 1 N–H and O–H groups in total. The SMILES string of the molecule is Cc1cc(F)ccc1CCNc1nn(C)c(=O)n(C)c1=O. The Hall–Kier alpha value is -2.44. The number of anilines is 1.